The maximum atomic E-state index is 13.1. The third-order valence-electron chi connectivity index (χ3n) is 1.63. The van der Waals surface area contributed by atoms with Crippen LogP contribution in [0.15, 0.2) is 16.6 Å². The van der Waals surface area contributed by atoms with Gasteiger partial charge in [0.2, 0.25) is 0 Å². The van der Waals surface area contributed by atoms with Gasteiger partial charge >= 0.3 is 5.97 Å². The smallest absolute Gasteiger partial charge is 0.325 e. The van der Waals surface area contributed by atoms with E-state index in [2.05, 4.69) is 15.9 Å². The summed E-state index contributed by atoms with van der Waals surface area (Å²) >= 11 is 8.52. The fourth-order valence-corrected chi connectivity index (χ4v) is 1.46. The van der Waals surface area contributed by atoms with Crippen molar-refractivity contribution in [2.75, 3.05) is 0 Å². The molecule has 1 atom stereocenters. The van der Waals surface area contributed by atoms with Crippen molar-refractivity contribution in [3.63, 3.8) is 0 Å². The van der Waals surface area contributed by atoms with Gasteiger partial charge in [0, 0.05) is 4.47 Å². The van der Waals surface area contributed by atoms with Crippen molar-refractivity contribution in [1.29, 1.82) is 0 Å². The lowest BCUT2D eigenvalue weighted by Gasteiger charge is -2.08. The van der Waals surface area contributed by atoms with Gasteiger partial charge in [0.05, 0.1) is 5.02 Å². The lowest BCUT2D eigenvalue weighted by molar-refractivity contribution is -0.138. The van der Waals surface area contributed by atoms with E-state index in [-0.39, 0.29) is 15.1 Å². The van der Waals surface area contributed by atoms with E-state index < -0.39 is 17.8 Å². The number of carbonyl (C=O) groups is 1. The van der Waals surface area contributed by atoms with Crippen molar-refractivity contribution in [1.82, 2.24) is 0 Å². The Labute approximate surface area is 92.8 Å². The number of hydrogen-bond donors (Lipinski definition) is 2. The minimum atomic E-state index is -1.25. The molecule has 1 rings (SSSR count). The average Bonchev–Trinajstić information content (AvgIpc) is 2.12. The second-order valence-electron chi connectivity index (χ2n) is 2.61. The molecule has 3 N–H and O–H groups in total. The first-order chi connectivity index (χ1) is 6.43. The Balaban J connectivity index is 3.19. The van der Waals surface area contributed by atoms with E-state index in [4.69, 9.17) is 22.4 Å². The van der Waals surface area contributed by atoms with Gasteiger partial charge in [-0.25, -0.2) is 4.39 Å². The highest BCUT2D eigenvalue weighted by molar-refractivity contribution is 9.10. The Morgan fingerprint density at radius 3 is 2.64 bits per heavy atom. The normalized spacial score (nSPS) is 12.6. The average molecular weight is 282 g/mol. The SMILES string of the molecule is NC(C(=O)O)c1cc(F)c(Cl)c(Br)c1. The summed E-state index contributed by atoms with van der Waals surface area (Å²) in [6, 6.07) is 1.13. The predicted octanol–water partition coefficient (Wildman–Crippen LogP) is 2.33. The number of carboxylic acid groups (broad SMARTS) is 1. The zero-order valence-corrected chi connectivity index (χ0v) is 9.14. The molecule has 0 amide bonds. The van der Waals surface area contributed by atoms with Gasteiger partial charge in [-0.1, -0.05) is 11.6 Å². The van der Waals surface area contributed by atoms with Crippen LogP contribution < -0.4 is 5.73 Å². The first-order valence-corrected chi connectivity index (χ1v) is 4.73. The van der Waals surface area contributed by atoms with Crippen molar-refractivity contribution in [2.24, 2.45) is 5.73 Å². The van der Waals surface area contributed by atoms with E-state index >= 15 is 0 Å². The molecule has 0 bridgehead atoms. The third kappa shape index (κ3) is 2.23. The van der Waals surface area contributed by atoms with Crippen LogP contribution in [0, 0.1) is 5.82 Å². The van der Waals surface area contributed by atoms with Gasteiger partial charge in [-0.05, 0) is 33.6 Å². The zero-order chi connectivity index (χ0) is 10.9. The lowest BCUT2D eigenvalue weighted by Crippen LogP contribution is -2.20. The van der Waals surface area contributed by atoms with Crippen molar-refractivity contribution in [3.05, 3.63) is 33.0 Å². The van der Waals surface area contributed by atoms with Crippen molar-refractivity contribution in [2.45, 2.75) is 6.04 Å². The number of carboxylic acids is 1. The van der Waals surface area contributed by atoms with Crippen molar-refractivity contribution < 1.29 is 14.3 Å². The van der Waals surface area contributed by atoms with Gasteiger partial charge in [0.1, 0.15) is 11.9 Å². The topological polar surface area (TPSA) is 63.3 Å². The zero-order valence-electron chi connectivity index (χ0n) is 6.80. The van der Waals surface area contributed by atoms with E-state index in [0.717, 1.165) is 6.07 Å². The Morgan fingerprint density at radius 1 is 1.64 bits per heavy atom. The number of nitrogens with two attached hydrogens (primary N) is 1. The molecule has 6 heteroatoms. The second kappa shape index (κ2) is 4.25. The molecule has 0 aliphatic rings. The predicted molar refractivity (Wildman–Crippen MR) is 53.7 cm³/mol. The quantitative estimate of drug-likeness (QED) is 0.818. The van der Waals surface area contributed by atoms with E-state index in [1.54, 1.807) is 0 Å². The highest BCUT2D eigenvalue weighted by atomic mass is 79.9. The number of hydrogen-bond acceptors (Lipinski definition) is 2. The van der Waals surface area contributed by atoms with Gasteiger partial charge in [0.25, 0.3) is 0 Å². The Bertz CT molecular complexity index is 363. The largest absolute Gasteiger partial charge is 0.480 e. The molecule has 0 saturated carbocycles. The van der Waals surface area contributed by atoms with Crippen LogP contribution >= 0.6 is 27.5 Å². The molecule has 0 aromatic heterocycles. The Morgan fingerprint density at radius 2 is 2.21 bits per heavy atom. The van der Waals surface area contributed by atoms with Crippen LogP contribution in [0.1, 0.15) is 11.6 Å². The maximum Gasteiger partial charge on any atom is 0.325 e. The third-order valence-corrected chi connectivity index (χ3v) is 2.87. The van der Waals surface area contributed by atoms with Crippen LogP contribution in [0.25, 0.3) is 0 Å². The molecule has 0 aliphatic carbocycles. The summed E-state index contributed by atoms with van der Waals surface area (Å²) in [5.74, 6) is -1.92. The first kappa shape index (κ1) is 11.4. The molecule has 0 saturated heterocycles. The molecule has 0 fully saturated rings. The van der Waals surface area contributed by atoms with Gasteiger partial charge in [-0.3, -0.25) is 4.79 Å². The fourth-order valence-electron chi connectivity index (χ4n) is 0.897. The standard InChI is InChI=1S/C8H6BrClFNO2/c9-4-1-3(7(12)8(13)14)2-5(11)6(4)10/h1-2,7H,12H2,(H,13,14). The molecular formula is C8H6BrClFNO2. The van der Waals surface area contributed by atoms with Crippen LogP contribution in [-0.2, 0) is 4.79 Å². The molecule has 1 unspecified atom stereocenters. The van der Waals surface area contributed by atoms with E-state index in [1.807, 2.05) is 0 Å². The fraction of sp³-hybridized carbons (Fsp3) is 0.125. The van der Waals surface area contributed by atoms with E-state index in [1.165, 1.54) is 6.07 Å². The van der Waals surface area contributed by atoms with Gasteiger partial charge in [-0.15, -0.1) is 0 Å². The van der Waals surface area contributed by atoms with E-state index in [9.17, 15) is 9.18 Å². The molecule has 3 nitrogen and oxygen atoms in total. The molecule has 0 heterocycles. The summed E-state index contributed by atoms with van der Waals surface area (Å²) in [5, 5.41) is 8.50. The molecule has 0 aliphatic heterocycles. The highest BCUT2D eigenvalue weighted by Crippen LogP contribution is 2.28. The summed E-state index contributed by atoms with van der Waals surface area (Å²) in [5.41, 5.74) is 5.45. The summed E-state index contributed by atoms with van der Waals surface area (Å²) in [6.07, 6.45) is 0. The van der Waals surface area contributed by atoms with Crippen LogP contribution in [0.5, 0.6) is 0 Å². The number of rotatable bonds is 2. The van der Waals surface area contributed by atoms with Crippen molar-refractivity contribution in [3.8, 4) is 0 Å². The summed E-state index contributed by atoms with van der Waals surface area (Å²) in [4.78, 5) is 10.5. The van der Waals surface area contributed by atoms with Gasteiger partial charge in [0.15, 0.2) is 0 Å². The number of aliphatic carboxylic acids is 1. The monoisotopic (exact) mass is 281 g/mol. The first-order valence-electron chi connectivity index (χ1n) is 3.56. The van der Waals surface area contributed by atoms with Crippen LogP contribution in [0.3, 0.4) is 0 Å². The van der Waals surface area contributed by atoms with Crippen LogP contribution in [0.2, 0.25) is 5.02 Å². The molecule has 14 heavy (non-hydrogen) atoms. The Kier molecular flexibility index (Phi) is 3.47. The number of halogens is 3. The summed E-state index contributed by atoms with van der Waals surface area (Å²) in [7, 11) is 0. The summed E-state index contributed by atoms with van der Waals surface area (Å²) < 4.78 is 13.3. The van der Waals surface area contributed by atoms with Crippen LogP contribution in [0.4, 0.5) is 4.39 Å². The van der Waals surface area contributed by atoms with Crippen LogP contribution in [-0.4, -0.2) is 11.1 Å². The minimum Gasteiger partial charge on any atom is -0.480 e. The van der Waals surface area contributed by atoms with Crippen molar-refractivity contribution >= 4 is 33.5 Å². The lowest BCUT2D eigenvalue weighted by atomic mass is 10.1. The summed E-state index contributed by atoms with van der Waals surface area (Å²) in [6.45, 7) is 0. The second-order valence-corrected chi connectivity index (χ2v) is 3.85. The molecule has 76 valence electrons. The van der Waals surface area contributed by atoms with Gasteiger partial charge in [-0.2, -0.15) is 0 Å². The van der Waals surface area contributed by atoms with Gasteiger partial charge < -0.3 is 10.8 Å². The number of benzene rings is 1. The molecule has 0 radical (unpaired) electrons. The molecule has 1 aromatic rings. The minimum absolute atomic E-state index is 0.0914. The molecule has 0 spiro atoms. The maximum absolute atomic E-state index is 13.1. The molecular weight excluding hydrogens is 276 g/mol. The Hall–Kier alpha value is -0.650. The van der Waals surface area contributed by atoms with E-state index in [0.29, 0.717) is 0 Å². The highest BCUT2D eigenvalue weighted by Gasteiger charge is 2.17. The molecule has 1 aromatic carbocycles.